The van der Waals surface area contributed by atoms with E-state index in [2.05, 4.69) is 10.6 Å². The van der Waals surface area contributed by atoms with Crippen LogP contribution >= 0.6 is 0 Å². The summed E-state index contributed by atoms with van der Waals surface area (Å²) < 4.78 is 26.4. The molecule has 0 aliphatic carbocycles. The SMILES string of the molecule is CC(C)N1CCNC(=O)C1CC(=O)NCc1ccc(F)cc1F. The normalized spacial score (nSPS) is 18.8. The Morgan fingerprint density at radius 2 is 2.17 bits per heavy atom. The third kappa shape index (κ3) is 4.48. The van der Waals surface area contributed by atoms with Gasteiger partial charge in [0.2, 0.25) is 11.8 Å². The van der Waals surface area contributed by atoms with Crippen molar-refractivity contribution in [1.82, 2.24) is 15.5 Å². The van der Waals surface area contributed by atoms with E-state index in [1.54, 1.807) is 0 Å². The average Bonchev–Trinajstić information content (AvgIpc) is 2.48. The van der Waals surface area contributed by atoms with Gasteiger partial charge in [0, 0.05) is 37.3 Å². The molecule has 1 aliphatic heterocycles. The molecule has 2 rings (SSSR count). The van der Waals surface area contributed by atoms with Gasteiger partial charge >= 0.3 is 0 Å². The van der Waals surface area contributed by atoms with Crippen LogP contribution in [0.5, 0.6) is 0 Å². The van der Waals surface area contributed by atoms with Crippen molar-refractivity contribution in [3.05, 3.63) is 35.4 Å². The fourth-order valence-corrected chi connectivity index (χ4v) is 2.67. The third-order valence-electron chi connectivity index (χ3n) is 3.91. The van der Waals surface area contributed by atoms with Crippen molar-refractivity contribution in [2.24, 2.45) is 0 Å². The topological polar surface area (TPSA) is 61.4 Å². The summed E-state index contributed by atoms with van der Waals surface area (Å²) in [5.41, 5.74) is 0.202. The van der Waals surface area contributed by atoms with Gasteiger partial charge in [-0.2, -0.15) is 0 Å². The van der Waals surface area contributed by atoms with Gasteiger partial charge in [0.15, 0.2) is 0 Å². The molecule has 1 atom stereocenters. The molecule has 126 valence electrons. The molecular formula is C16H21F2N3O2. The highest BCUT2D eigenvalue weighted by Gasteiger charge is 2.32. The summed E-state index contributed by atoms with van der Waals surface area (Å²) in [4.78, 5) is 26.0. The Morgan fingerprint density at radius 1 is 1.43 bits per heavy atom. The maximum Gasteiger partial charge on any atom is 0.237 e. The highest BCUT2D eigenvalue weighted by molar-refractivity contribution is 5.88. The molecule has 0 bridgehead atoms. The van der Waals surface area contributed by atoms with Crippen molar-refractivity contribution in [2.75, 3.05) is 13.1 Å². The van der Waals surface area contributed by atoms with Crippen LogP contribution in [0.4, 0.5) is 8.78 Å². The van der Waals surface area contributed by atoms with Gasteiger partial charge in [0.25, 0.3) is 0 Å². The number of halogens is 2. The highest BCUT2D eigenvalue weighted by atomic mass is 19.1. The lowest BCUT2D eigenvalue weighted by atomic mass is 10.1. The minimum absolute atomic E-state index is 0.00677. The number of rotatable bonds is 5. The number of nitrogens with one attached hydrogen (secondary N) is 2. The molecule has 1 aromatic carbocycles. The summed E-state index contributed by atoms with van der Waals surface area (Å²) >= 11 is 0. The van der Waals surface area contributed by atoms with E-state index in [0.717, 1.165) is 12.1 Å². The second-order valence-corrected chi connectivity index (χ2v) is 5.85. The molecule has 1 aromatic rings. The number of nitrogens with zero attached hydrogens (tertiary/aromatic N) is 1. The van der Waals surface area contributed by atoms with Crippen molar-refractivity contribution < 1.29 is 18.4 Å². The predicted octanol–water partition coefficient (Wildman–Crippen LogP) is 1.18. The first-order valence-corrected chi connectivity index (χ1v) is 7.62. The molecule has 0 spiro atoms. The summed E-state index contributed by atoms with van der Waals surface area (Å²) in [6.07, 6.45) is 0.00677. The van der Waals surface area contributed by atoms with Crippen LogP contribution in [0.3, 0.4) is 0 Å². The molecule has 1 heterocycles. The molecule has 7 heteroatoms. The Kier molecular flexibility index (Phi) is 5.65. The fraction of sp³-hybridized carbons (Fsp3) is 0.500. The molecule has 2 amide bonds. The number of piperazine rings is 1. The van der Waals surface area contributed by atoms with Crippen LogP contribution < -0.4 is 10.6 Å². The maximum atomic E-state index is 13.5. The average molecular weight is 325 g/mol. The lowest BCUT2D eigenvalue weighted by Crippen LogP contribution is -2.58. The van der Waals surface area contributed by atoms with Crippen LogP contribution in [-0.2, 0) is 16.1 Å². The standard InChI is InChI=1S/C16H21F2N3O2/c1-10(2)21-6-5-19-16(23)14(21)8-15(22)20-9-11-3-4-12(17)7-13(11)18/h3-4,7,10,14H,5-6,8-9H2,1-2H3,(H,19,23)(H,20,22). The van der Waals surface area contributed by atoms with Crippen molar-refractivity contribution >= 4 is 11.8 Å². The van der Waals surface area contributed by atoms with Gasteiger partial charge in [-0.25, -0.2) is 8.78 Å². The van der Waals surface area contributed by atoms with Crippen LogP contribution in [0.15, 0.2) is 18.2 Å². The van der Waals surface area contributed by atoms with Crippen molar-refractivity contribution in [3.63, 3.8) is 0 Å². The lowest BCUT2D eigenvalue weighted by molar-refractivity contribution is -0.134. The van der Waals surface area contributed by atoms with E-state index >= 15 is 0 Å². The van der Waals surface area contributed by atoms with Crippen LogP contribution in [0.1, 0.15) is 25.8 Å². The molecule has 0 saturated carbocycles. The Bertz CT molecular complexity index is 593. The summed E-state index contributed by atoms with van der Waals surface area (Å²) in [6, 6.07) is 2.82. The van der Waals surface area contributed by atoms with E-state index in [9.17, 15) is 18.4 Å². The van der Waals surface area contributed by atoms with Gasteiger partial charge in [0.05, 0.1) is 12.5 Å². The van der Waals surface area contributed by atoms with E-state index in [1.807, 2.05) is 18.7 Å². The summed E-state index contributed by atoms with van der Waals surface area (Å²) in [6.45, 7) is 5.15. The number of carbonyl (C=O) groups is 2. The second kappa shape index (κ2) is 7.50. The van der Waals surface area contributed by atoms with Gasteiger partial charge in [-0.05, 0) is 19.9 Å². The first-order chi connectivity index (χ1) is 10.9. The molecule has 23 heavy (non-hydrogen) atoms. The van der Waals surface area contributed by atoms with E-state index in [4.69, 9.17) is 0 Å². The molecule has 1 aliphatic rings. The lowest BCUT2D eigenvalue weighted by Gasteiger charge is -2.37. The van der Waals surface area contributed by atoms with Crippen molar-refractivity contribution in [2.45, 2.75) is 38.9 Å². The Hall–Kier alpha value is -2.02. The van der Waals surface area contributed by atoms with E-state index < -0.39 is 17.7 Å². The maximum absolute atomic E-state index is 13.5. The quantitative estimate of drug-likeness (QED) is 0.855. The van der Waals surface area contributed by atoms with Crippen molar-refractivity contribution in [3.8, 4) is 0 Å². The Balaban J connectivity index is 1.94. The molecule has 2 N–H and O–H groups in total. The van der Waals surface area contributed by atoms with Gasteiger partial charge < -0.3 is 10.6 Å². The van der Waals surface area contributed by atoms with Gasteiger partial charge in [0.1, 0.15) is 11.6 Å². The number of amides is 2. The predicted molar refractivity (Wildman–Crippen MR) is 81.5 cm³/mol. The van der Waals surface area contributed by atoms with E-state index in [1.165, 1.54) is 6.07 Å². The van der Waals surface area contributed by atoms with Crippen LogP contribution in [0.2, 0.25) is 0 Å². The van der Waals surface area contributed by atoms with E-state index in [-0.39, 0.29) is 36.4 Å². The zero-order valence-corrected chi connectivity index (χ0v) is 13.2. The minimum atomic E-state index is -0.704. The Labute approximate surface area is 134 Å². The number of hydrogen-bond acceptors (Lipinski definition) is 3. The molecule has 1 fully saturated rings. The molecule has 0 radical (unpaired) electrons. The molecular weight excluding hydrogens is 304 g/mol. The molecule has 0 aromatic heterocycles. The zero-order valence-electron chi connectivity index (χ0n) is 13.2. The summed E-state index contributed by atoms with van der Waals surface area (Å²) in [5.74, 6) is -1.89. The highest BCUT2D eigenvalue weighted by Crippen LogP contribution is 2.13. The van der Waals surface area contributed by atoms with Crippen LogP contribution in [0.25, 0.3) is 0 Å². The fourth-order valence-electron chi connectivity index (χ4n) is 2.67. The van der Waals surface area contributed by atoms with Crippen LogP contribution in [-0.4, -0.2) is 41.9 Å². The molecule has 5 nitrogen and oxygen atoms in total. The first kappa shape index (κ1) is 17.3. The van der Waals surface area contributed by atoms with Crippen LogP contribution in [0, 0.1) is 11.6 Å². The van der Waals surface area contributed by atoms with E-state index in [0.29, 0.717) is 13.1 Å². The van der Waals surface area contributed by atoms with Gasteiger partial charge in [-0.15, -0.1) is 0 Å². The van der Waals surface area contributed by atoms with Crippen molar-refractivity contribution in [1.29, 1.82) is 0 Å². The largest absolute Gasteiger partial charge is 0.353 e. The summed E-state index contributed by atoms with van der Waals surface area (Å²) in [7, 11) is 0. The molecule has 1 unspecified atom stereocenters. The van der Waals surface area contributed by atoms with Gasteiger partial charge in [-0.1, -0.05) is 6.07 Å². The molecule has 1 saturated heterocycles. The third-order valence-corrected chi connectivity index (χ3v) is 3.91. The number of carbonyl (C=O) groups excluding carboxylic acids is 2. The minimum Gasteiger partial charge on any atom is -0.353 e. The smallest absolute Gasteiger partial charge is 0.237 e. The Morgan fingerprint density at radius 3 is 2.83 bits per heavy atom. The zero-order chi connectivity index (χ0) is 17.0. The first-order valence-electron chi connectivity index (χ1n) is 7.62. The monoisotopic (exact) mass is 325 g/mol. The second-order valence-electron chi connectivity index (χ2n) is 5.85. The number of benzene rings is 1. The summed E-state index contributed by atoms with van der Waals surface area (Å²) in [5, 5.41) is 5.33. The number of hydrogen-bond donors (Lipinski definition) is 2. The van der Waals surface area contributed by atoms with Gasteiger partial charge in [-0.3, -0.25) is 14.5 Å².